The molecule has 0 aromatic heterocycles. The molecule has 0 radical (unpaired) electrons. The van der Waals surface area contributed by atoms with Crippen molar-refractivity contribution in [2.75, 3.05) is 10.0 Å². The molecular weight excluding hydrogens is 423 g/mol. The zero-order valence-corrected chi connectivity index (χ0v) is 17.8. The zero-order chi connectivity index (χ0) is 22.5. The molecule has 1 amide bonds. The van der Waals surface area contributed by atoms with Crippen LogP contribution in [0.2, 0.25) is 0 Å². The minimum Gasteiger partial charge on any atom is -0.481 e. The number of carbonyl (C=O) groups excluding carboxylic acids is 1. The number of aliphatic carboxylic acids is 1. The Balaban J connectivity index is 1.76. The van der Waals surface area contributed by atoms with E-state index in [0.29, 0.717) is 12.8 Å². The van der Waals surface area contributed by atoms with Gasteiger partial charge in [0.05, 0.1) is 22.7 Å². The first kappa shape index (κ1) is 22.7. The molecule has 0 aliphatic heterocycles. The predicted molar refractivity (Wildman–Crippen MR) is 115 cm³/mol. The quantitative estimate of drug-likeness (QED) is 0.555. The van der Waals surface area contributed by atoms with E-state index in [0.717, 1.165) is 43.5 Å². The van der Waals surface area contributed by atoms with Gasteiger partial charge in [0.25, 0.3) is 10.0 Å². The minimum atomic E-state index is -3.99. The third-order valence-electron chi connectivity index (χ3n) is 5.55. The summed E-state index contributed by atoms with van der Waals surface area (Å²) in [6.07, 6.45) is 4.12. The SMILES string of the molecule is O=C(O)CC1(CC(=O)Nc2ccccc2NS(=O)(=O)c2ccc(F)cc2)CCCCC1. The van der Waals surface area contributed by atoms with Crippen molar-refractivity contribution in [1.29, 1.82) is 0 Å². The van der Waals surface area contributed by atoms with Gasteiger partial charge in [-0.25, -0.2) is 12.8 Å². The summed E-state index contributed by atoms with van der Waals surface area (Å²) in [6, 6.07) is 10.7. The molecule has 0 heterocycles. The molecule has 3 N–H and O–H groups in total. The Morgan fingerprint density at radius 2 is 1.55 bits per heavy atom. The summed E-state index contributed by atoms with van der Waals surface area (Å²) in [6.45, 7) is 0. The number of carboxylic acids is 1. The maximum absolute atomic E-state index is 13.1. The highest BCUT2D eigenvalue weighted by atomic mass is 32.2. The summed E-state index contributed by atoms with van der Waals surface area (Å²) in [5.74, 6) is -1.84. The van der Waals surface area contributed by atoms with Crippen molar-refractivity contribution < 1.29 is 27.5 Å². The number of sulfonamides is 1. The summed E-state index contributed by atoms with van der Waals surface area (Å²) in [5, 5.41) is 12.0. The van der Waals surface area contributed by atoms with Crippen LogP contribution in [0.15, 0.2) is 53.4 Å². The lowest BCUT2D eigenvalue weighted by atomic mass is 9.69. The summed E-state index contributed by atoms with van der Waals surface area (Å²) in [7, 11) is -3.99. The second-order valence-electron chi connectivity index (χ2n) is 7.96. The third kappa shape index (κ3) is 6.04. The molecule has 31 heavy (non-hydrogen) atoms. The highest BCUT2D eigenvalue weighted by molar-refractivity contribution is 7.92. The smallest absolute Gasteiger partial charge is 0.303 e. The number of para-hydroxylation sites is 2. The van der Waals surface area contributed by atoms with E-state index in [1.54, 1.807) is 18.2 Å². The van der Waals surface area contributed by atoms with Crippen molar-refractivity contribution in [3.63, 3.8) is 0 Å². The van der Waals surface area contributed by atoms with Crippen LogP contribution < -0.4 is 10.0 Å². The van der Waals surface area contributed by atoms with Gasteiger partial charge in [-0.3, -0.25) is 14.3 Å². The molecule has 0 unspecified atom stereocenters. The first-order valence-electron chi connectivity index (χ1n) is 10.1. The number of amides is 1. The number of carboxylic acid groups (broad SMARTS) is 1. The molecule has 0 bridgehead atoms. The van der Waals surface area contributed by atoms with Gasteiger partial charge in [-0.15, -0.1) is 0 Å². The Bertz CT molecular complexity index is 1050. The molecule has 3 rings (SSSR count). The van der Waals surface area contributed by atoms with Crippen molar-refractivity contribution in [3.05, 3.63) is 54.3 Å². The molecule has 9 heteroatoms. The lowest BCUT2D eigenvalue weighted by Crippen LogP contribution is -2.32. The van der Waals surface area contributed by atoms with E-state index < -0.39 is 27.2 Å². The van der Waals surface area contributed by atoms with Crippen LogP contribution in [0.4, 0.5) is 15.8 Å². The van der Waals surface area contributed by atoms with Crippen LogP contribution in [0.1, 0.15) is 44.9 Å². The molecule has 7 nitrogen and oxygen atoms in total. The van der Waals surface area contributed by atoms with Gasteiger partial charge in [-0.1, -0.05) is 31.4 Å². The molecule has 1 aliphatic carbocycles. The van der Waals surface area contributed by atoms with Gasteiger partial charge in [-0.05, 0) is 54.7 Å². The Morgan fingerprint density at radius 1 is 0.935 bits per heavy atom. The molecule has 0 spiro atoms. The van der Waals surface area contributed by atoms with Crippen molar-refractivity contribution >= 4 is 33.3 Å². The van der Waals surface area contributed by atoms with E-state index in [1.807, 2.05) is 0 Å². The number of hydrogen-bond donors (Lipinski definition) is 3. The van der Waals surface area contributed by atoms with E-state index in [1.165, 1.54) is 6.07 Å². The van der Waals surface area contributed by atoms with Crippen LogP contribution in [0.3, 0.4) is 0 Å². The van der Waals surface area contributed by atoms with Crippen LogP contribution in [0, 0.1) is 11.2 Å². The maximum Gasteiger partial charge on any atom is 0.303 e. The molecule has 0 atom stereocenters. The van der Waals surface area contributed by atoms with Gasteiger partial charge < -0.3 is 10.4 Å². The number of benzene rings is 2. The Labute approximate surface area is 180 Å². The summed E-state index contributed by atoms with van der Waals surface area (Å²) in [4.78, 5) is 24.0. The van der Waals surface area contributed by atoms with Gasteiger partial charge in [0.1, 0.15) is 5.82 Å². The van der Waals surface area contributed by atoms with Crippen molar-refractivity contribution in [3.8, 4) is 0 Å². The Hall–Kier alpha value is -2.94. The number of hydrogen-bond acceptors (Lipinski definition) is 4. The topological polar surface area (TPSA) is 113 Å². The molecule has 0 saturated heterocycles. The van der Waals surface area contributed by atoms with Crippen molar-refractivity contribution in [1.82, 2.24) is 0 Å². The van der Waals surface area contributed by atoms with Crippen LogP contribution >= 0.6 is 0 Å². The van der Waals surface area contributed by atoms with Gasteiger partial charge >= 0.3 is 5.97 Å². The van der Waals surface area contributed by atoms with Crippen LogP contribution in [-0.4, -0.2) is 25.4 Å². The van der Waals surface area contributed by atoms with Gasteiger partial charge in [-0.2, -0.15) is 0 Å². The zero-order valence-electron chi connectivity index (χ0n) is 16.9. The van der Waals surface area contributed by atoms with Crippen molar-refractivity contribution in [2.45, 2.75) is 49.8 Å². The highest BCUT2D eigenvalue weighted by Crippen LogP contribution is 2.42. The average Bonchev–Trinajstić information content (AvgIpc) is 2.69. The molecule has 1 aliphatic rings. The molecule has 1 saturated carbocycles. The first-order chi connectivity index (χ1) is 14.7. The monoisotopic (exact) mass is 448 g/mol. The number of rotatable bonds is 8. The summed E-state index contributed by atoms with van der Waals surface area (Å²) < 4.78 is 40.8. The largest absolute Gasteiger partial charge is 0.481 e. The fraction of sp³-hybridized carbons (Fsp3) is 0.364. The molecule has 2 aromatic rings. The third-order valence-corrected chi connectivity index (χ3v) is 6.93. The minimum absolute atomic E-state index is 0.0539. The van der Waals surface area contributed by atoms with E-state index in [9.17, 15) is 27.5 Å². The molecule has 166 valence electrons. The van der Waals surface area contributed by atoms with Gasteiger partial charge in [0.15, 0.2) is 0 Å². The van der Waals surface area contributed by atoms with Crippen LogP contribution in [0.5, 0.6) is 0 Å². The van der Waals surface area contributed by atoms with E-state index in [-0.39, 0.29) is 35.0 Å². The number of anilines is 2. The molecule has 2 aromatic carbocycles. The van der Waals surface area contributed by atoms with Gasteiger partial charge in [0.2, 0.25) is 5.91 Å². The Morgan fingerprint density at radius 3 is 2.16 bits per heavy atom. The van der Waals surface area contributed by atoms with Crippen LogP contribution in [0.25, 0.3) is 0 Å². The lowest BCUT2D eigenvalue weighted by Gasteiger charge is -2.35. The summed E-state index contributed by atoms with van der Waals surface area (Å²) in [5.41, 5.74) is -0.160. The van der Waals surface area contributed by atoms with E-state index in [2.05, 4.69) is 10.0 Å². The lowest BCUT2D eigenvalue weighted by molar-refractivity contribution is -0.140. The van der Waals surface area contributed by atoms with Gasteiger partial charge in [0, 0.05) is 6.42 Å². The summed E-state index contributed by atoms with van der Waals surface area (Å²) >= 11 is 0. The number of nitrogens with one attached hydrogen (secondary N) is 2. The fourth-order valence-corrected chi connectivity index (χ4v) is 5.15. The predicted octanol–water partition coefficient (Wildman–Crippen LogP) is 4.38. The highest BCUT2D eigenvalue weighted by Gasteiger charge is 2.36. The second-order valence-corrected chi connectivity index (χ2v) is 9.64. The standard InChI is InChI=1S/C22H25FN2O5S/c23-16-8-10-17(11-9-16)31(29,30)25-19-7-3-2-6-18(19)24-20(26)14-22(15-21(27)28)12-4-1-5-13-22/h2-3,6-11,25H,1,4-5,12-15H2,(H,24,26)(H,27,28). The van der Waals surface area contributed by atoms with Crippen LogP contribution in [-0.2, 0) is 19.6 Å². The maximum atomic E-state index is 13.1. The van der Waals surface area contributed by atoms with Crippen molar-refractivity contribution in [2.24, 2.45) is 5.41 Å². The normalized spacial score (nSPS) is 15.8. The van der Waals surface area contributed by atoms with E-state index in [4.69, 9.17) is 0 Å². The number of carbonyl (C=O) groups is 2. The molecular formula is C22H25FN2O5S. The van der Waals surface area contributed by atoms with E-state index >= 15 is 0 Å². The first-order valence-corrected chi connectivity index (χ1v) is 11.6. The molecule has 1 fully saturated rings. The Kier molecular flexibility index (Phi) is 6.94. The average molecular weight is 449 g/mol. The second kappa shape index (κ2) is 9.47. The number of halogens is 1. The fourth-order valence-electron chi connectivity index (χ4n) is 4.07.